The van der Waals surface area contributed by atoms with Gasteiger partial charge in [0.25, 0.3) is 0 Å². The van der Waals surface area contributed by atoms with Gasteiger partial charge < -0.3 is 9.47 Å². The van der Waals surface area contributed by atoms with E-state index < -0.39 is 5.41 Å². The second kappa shape index (κ2) is 9.27. The summed E-state index contributed by atoms with van der Waals surface area (Å²) in [7, 11) is 1.43. The first-order valence-corrected chi connectivity index (χ1v) is 10.2. The van der Waals surface area contributed by atoms with E-state index in [2.05, 4.69) is 17.1 Å². The summed E-state index contributed by atoms with van der Waals surface area (Å²) in [5.74, 6) is 0.393. The van der Waals surface area contributed by atoms with E-state index in [1.807, 2.05) is 56.3 Å². The van der Waals surface area contributed by atoms with Crippen molar-refractivity contribution in [1.29, 1.82) is 0 Å². The number of carbonyl (C=O) groups is 1. The maximum absolute atomic E-state index is 11.8. The molecule has 0 fully saturated rings. The van der Waals surface area contributed by atoms with E-state index in [1.54, 1.807) is 0 Å². The summed E-state index contributed by atoms with van der Waals surface area (Å²) in [6.07, 6.45) is 2.45. The van der Waals surface area contributed by atoms with Crippen molar-refractivity contribution >= 4 is 28.5 Å². The van der Waals surface area contributed by atoms with Crippen molar-refractivity contribution in [3.63, 3.8) is 0 Å². The van der Waals surface area contributed by atoms with Gasteiger partial charge in [-0.25, -0.2) is 4.98 Å². The summed E-state index contributed by atoms with van der Waals surface area (Å²) in [5, 5.41) is 1.68. The second-order valence-electron chi connectivity index (χ2n) is 7.72. The first-order valence-electron chi connectivity index (χ1n) is 9.78. The van der Waals surface area contributed by atoms with Crippen LogP contribution in [0.2, 0.25) is 5.02 Å². The molecule has 0 N–H and O–H groups in total. The molecule has 4 nitrogen and oxygen atoms in total. The molecule has 0 bridgehead atoms. The third kappa shape index (κ3) is 5.27. The number of rotatable bonds is 8. The number of hydrogen-bond donors (Lipinski definition) is 0. The number of halogens is 1. The quantitative estimate of drug-likeness (QED) is 0.322. The predicted molar refractivity (Wildman–Crippen MR) is 117 cm³/mol. The summed E-state index contributed by atoms with van der Waals surface area (Å²) in [4.78, 5) is 16.4. The topological polar surface area (TPSA) is 48.4 Å². The summed E-state index contributed by atoms with van der Waals surface area (Å²) >= 11 is 6.18. The van der Waals surface area contributed by atoms with Crippen LogP contribution in [0.3, 0.4) is 0 Å². The Morgan fingerprint density at radius 1 is 1.07 bits per heavy atom. The van der Waals surface area contributed by atoms with Crippen LogP contribution < -0.4 is 4.74 Å². The Bertz CT molecular complexity index is 986. The van der Waals surface area contributed by atoms with Gasteiger partial charge in [-0.1, -0.05) is 48.0 Å². The molecule has 0 aliphatic heterocycles. The third-order valence-corrected chi connectivity index (χ3v) is 5.25. The van der Waals surface area contributed by atoms with E-state index in [9.17, 15) is 4.79 Å². The molecule has 1 aromatic heterocycles. The molecule has 0 aliphatic carbocycles. The smallest absolute Gasteiger partial charge is 0.311 e. The van der Waals surface area contributed by atoms with Crippen LogP contribution in [-0.2, 0) is 9.53 Å². The molecule has 2 aromatic carbocycles. The molecule has 5 heteroatoms. The summed E-state index contributed by atoms with van der Waals surface area (Å²) in [6.45, 7) is 4.34. The molecule has 0 radical (unpaired) electrons. The van der Waals surface area contributed by atoms with Crippen molar-refractivity contribution in [2.45, 2.75) is 33.1 Å². The summed E-state index contributed by atoms with van der Waals surface area (Å²) in [6, 6.07) is 17.9. The molecule has 0 spiro atoms. The molecular formula is C24H26ClNO3. The van der Waals surface area contributed by atoms with E-state index >= 15 is 0 Å². The number of methoxy groups -OCH3 is 1. The van der Waals surface area contributed by atoms with Crippen LogP contribution in [0.25, 0.3) is 22.0 Å². The Morgan fingerprint density at radius 2 is 1.83 bits per heavy atom. The highest BCUT2D eigenvalue weighted by Gasteiger charge is 2.27. The highest BCUT2D eigenvalue weighted by atomic mass is 35.5. The molecule has 0 aliphatic rings. The lowest BCUT2D eigenvalue weighted by Crippen LogP contribution is -2.25. The first kappa shape index (κ1) is 21.1. The molecule has 0 atom stereocenters. The van der Waals surface area contributed by atoms with Gasteiger partial charge in [-0.15, -0.1) is 0 Å². The lowest BCUT2D eigenvalue weighted by atomic mass is 9.87. The number of ether oxygens (including phenoxy) is 2. The van der Waals surface area contributed by atoms with Crippen molar-refractivity contribution in [3.8, 4) is 17.0 Å². The highest BCUT2D eigenvalue weighted by Crippen LogP contribution is 2.32. The van der Waals surface area contributed by atoms with Crippen LogP contribution in [0.4, 0.5) is 0 Å². The van der Waals surface area contributed by atoms with Gasteiger partial charge in [-0.2, -0.15) is 0 Å². The predicted octanol–water partition coefficient (Wildman–Crippen LogP) is 6.30. The Kier molecular flexibility index (Phi) is 6.75. The maximum Gasteiger partial charge on any atom is 0.311 e. The van der Waals surface area contributed by atoms with Crippen LogP contribution in [0, 0.1) is 5.41 Å². The summed E-state index contributed by atoms with van der Waals surface area (Å²) < 4.78 is 10.8. The lowest BCUT2D eigenvalue weighted by molar-refractivity contribution is -0.151. The minimum atomic E-state index is -0.479. The molecular weight excluding hydrogens is 386 g/mol. The lowest BCUT2D eigenvalue weighted by Gasteiger charge is -2.21. The molecule has 0 saturated heterocycles. The monoisotopic (exact) mass is 411 g/mol. The van der Waals surface area contributed by atoms with Crippen molar-refractivity contribution in [3.05, 3.63) is 59.6 Å². The average molecular weight is 412 g/mol. The van der Waals surface area contributed by atoms with Crippen molar-refractivity contribution in [2.24, 2.45) is 5.41 Å². The number of benzene rings is 2. The number of unbranched alkanes of at least 4 members (excludes halogenated alkanes) is 1. The molecule has 0 saturated carbocycles. The second-order valence-corrected chi connectivity index (χ2v) is 8.15. The molecule has 0 unspecified atom stereocenters. The van der Waals surface area contributed by atoms with Gasteiger partial charge in [-0.3, -0.25) is 4.79 Å². The Labute approximate surface area is 176 Å². The number of fused-ring (bicyclic) bond motifs is 1. The fourth-order valence-corrected chi connectivity index (χ4v) is 3.50. The molecule has 0 amide bonds. The zero-order valence-electron chi connectivity index (χ0n) is 17.1. The van der Waals surface area contributed by atoms with Crippen LogP contribution in [0.15, 0.2) is 54.6 Å². The largest absolute Gasteiger partial charge is 0.478 e. The van der Waals surface area contributed by atoms with Crippen LogP contribution in [0.5, 0.6) is 5.88 Å². The minimum absolute atomic E-state index is 0.181. The Morgan fingerprint density at radius 3 is 2.55 bits per heavy atom. The average Bonchev–Trinajstić information content (AvgIpc) is 2.72. The van der Waals surface area contributed by atoms with E-state index in [-0.39, 0.29) is 5.97 Å². The third-order valence-electron chi connectivity index (χ3n) is 5.02. The minimum Gasteiger partial charge on any atom is -0.478 e. The zero-order chi connectivity index (χ0) is 20.9. The zero-order valence-corrected chi connectivity index (χ0v) is 17.8. The first-order chi connectivity index (χ1) is 13.9. The SMILES string of the molecule is COC(=O)C(C)(C)CCCCOc1cc(-c2ccccc2)c2ccc(Cl)cc2n1. The van der Waals surface area contributed by atoms with E-state index in [1.165, 1.54) is 7.11 Å². The normalized spacial score (nSPS) is 11.4. The van der Waals surface area contributed by atoms with Crippen LogP contribution in [0.1, 0.15) is 33.1 Å². The van der Waals surface area contributed by atoms with Gasteiger partial charge in [0, 0.05) is 16.5 Å². The fraction of sp³-hybridized carbons (Fsp3) is 0.333. The van der Waals surface area contributed by atoms with Gasteiger partial charge in [0.2, 0.25) is 5.88 Å². The van der Waals surface area contributed by atoms with Crippen LogP contribution >= 0.6 is 11.6 Å². The maximum atomic E-state index is 11.8. The van der Waals surface area contributed by atoms with Gasteiger partial charge in [0.1, 0.15) is 0 Å². The molecule has 29 heavy (non-hydrogen) atoms. The molecule has 1 heterocycles. The summed E-state index contributed by atoms with van der Waals surface area (Å²) in [5.41, 5.74) is 2.49. The number of esters is 1. The standard InChI is InChI=1S/C24H26ClNO3/c1-24(2,23(27)28-3)13-7-8-14-29-22-16-20(17-9-5-4-6-10-17)19-12-11-18(25)15-21(19)26-22/h4-6,9-12,15-16H,7-8,13-14H2,1-3H3. The van der Waals surface area contributed by atoms with Crippen LogP contribution in [-0.4, -0.2) is 24.7 Å². The van der Waals surface area contributed by atoms with Crippen molar-refractivity contribution < 1.29 is 14.3 Å². The van der Waals surface area contributed by atoms with Crippen molar-refractivity contribution in [2.75, 3.05) is 13.7 Å². The number of nitrogens with zero attached hydrogens (tertiary/aromatic N) is 1. The molecule has 152 valence electrons. The molecule has 3 aromatic rings. The molecule has 3 rings (SSSR count). The Balaban J connectivity index is 1.72. The fourth-order valence-electron chi connectivity index (χ4n) is 3.33. The van der Waals surface area contributed by atoms with Gasteiger partial charge >= 0.3 is 5.97 Å². The van der Waals surface area contributed by atoms with Gasteiger partial charge in [0.05, 0.1) is 24.6 Å². The number of carbonyl (C=O) groups excluding carboxylic acids is 1. The van der Waals surface area contributed by atoms with E-state index in [0.29, 0.717) is 17.5 Å². The van der Waals surface area contributed by atoms with E-state index in [4.69, 9.17) is 21.1 Å². The van der Waals surface area contributed by atoms with Gasteiger partial charge in [-0.05, 0) is 56.4 Å². The van der Waals surface area contributed by atoms with E-state index in [0.717, 1.165) is 41.3 Å². The number of aromatic nitrogens is 1. The number of hydrogen-bond acceptors (Lipinski definition) is 4. The number of pyridine rings is 1. The van der Waals surface area contributed by atoms with Gasteiger partial charge in [0.15, 0.2) is 0 Å². The van der Waals surface area contributed by atoms with Crippen molar-refractivity contribution in [1.82, 2.24) is 4.98 Å². The Hall–Kier alpha value is -2.59. The highest BCUT2D eigenvalue weighted by molar-refractivity contribution is 6.31.